The maximum atomic E-state index is 5.56. The van der Waals surface area contributed by atoms with Crippen LogP contribution in [-0.2, 0) is 11.2 Å². The minimum absolute atomic E-state index is 0.413. The number of benzene rings is 1. The molecule has 0 saturated heterocycles. The van der Waals surface area contributed by atoms with E-state index in [1.54, 1.807) is 0 Å². The summed E-state index contributed by atoms with van der Waals surface area (Å²) in [6.07, 6.45) is 6.63. The molecule has 1 aliphatic rings. The van der Waals surface area contributed by atoms with E-state index in [0.29, 0.717) is 12.1 Å². The Balaban J connectivity index is 1.77. The minimum Gasteiger partial charge on any atom is -0.380 e. The first-order chi connectivity index (χ1) is 8.79. The van der Waals surface area contributed by atoms with Gasteiger partial charge in [0.15, 0.2) is 0 Å². The van der Waals surface area contributed by atoms with E-state index in [-0.39, 0.29) is 0 Å². The molecule has 100 valence electrons. The number of methoxy groups -OCH3 is 1. The van der Waals surface area contributed by atoms with Crippen LogP contribution >= 0.6 is 0 Å². The topological polar surface area (TPSA) is 21.3 Å². The highest BCUT2D eigenvalue weighted by molar-refractivity contribution is 5.22. The minimum atomic E-state index is 0.413. The van der Waals surface area contributed by atoms with Crippen molar-refractivity contribution in [3.63, 3.8) is 0 Å². The third kappa shape index (κ3) is 3.82. The summed E-state index contributed by atoms with van der Waals surface area (Å²) in [5, 5.41) is 3.67. The van der Waals surface area contributed by atoms with Gasteiger partial charge >= 0.3 is 0 Å². The Morgan fingerprint density at radius 2 is 2.11 bits per heavy atom. The fourth-order valence-electron chi connectivity index (χ4n) is 2.88. The van der Waals surface area contributed by atoms with Crippen LogP contribution in [0.4, 0.5) is 0 Å². The maximum Gasteiger partial charge on any atom is 0.0724 e. The molecule has 18 heavy (non-hydrogen) atoms. The van der Waals surface area contributed by atoms with E-state index in [1.165, 1.54) is 36.8 Å². The zero-order valence-electron chi connectivity index (χ0n) is 11.6. The predicted octanol–water partition coefficient (Wildman–Crippen LogP) is 3.08. The monoisotopic (exact) mass is 247 g/mol. The van der Waals surface area contributed by atoms with Crippen LogP contribution < -0.4 is 5.32 Å². The van der Waals surface area contributed by atoms with Gasteiger partial charge in [-0.25, -0.2) is 0 Å². The van der Waals surface area contributed by atoms with Gasteiger partial charge in [0, 0.05) is 13.2 Å². The molecule has 1 fully saturated rings. The quantitative estimate of drug-likeness (QED) is 0.863. The smallest absolute Gasteiger partial charge is 0.0724 e. The molecule has 0 aromatic heterocycles. The van der Waals surface area contributed by atoms with Crippen molar-refractivity contribution in [2.75, 3.05) is 13.7 Å². The molecular weight excluding hydrogens is 222 g/mol. The van der Waals surface area contributed by atoms with Gasteiger partial charge in [0.2, 0.25) is 0 Å². The molecule has 1 aromatic carbocycles. The Hall–Kier alpha value is -0.860. The zero-order chi connectivity index (χ0) is 12.8. The summed E-state index contributed by atoms with van der Waals surface area (Å²) in [7, 11) is 1.84. The van der Waals surface area contributed by atoms with Crippen LogP contribution in [0.3, 0.4) is 0 Å². The van der Waals surface area contributed by atoms with E-state index in [0.717, 1.165) is 13.0 Å². The lowest BCUT2D eigenvalue weighted by Crippen LogP contribution is -2.43. The summed E-state index contributed by atoms with van der Waals surface area (Å²) in [5.41, 5.74) is 2.77. The fourth-order valence-corrected chi connectivity index (χ4v) is 2.88. The van der Waals surface area contributed by atoms with E-state index in [2.05, 4.69) is 36.5 Å². The number of nitrogens with one attached hydrogen (secondary N) is 1. The van der Waals surface area contributed by atoms with Crippen LogP contribution in [0.2, 0.25) is 0 Å². The molecule has 0 heterocycles. The molecule has 1 aromatic rings. The van der Waals surface area contributed by atoms with E-state index >= 15 is 0 Å². The first kappa shape index (κ1) is 13.6. The molecule has 2 nitrogen and oxygen atoms in total. The largest absolute Gasteiger partial charge is 0.380 e. The van der Waals surface area contributed by atoms with Crippen molar-refractivity contribution in [3.8, 4) is 0 Å². The van der Waals surface area contributed by atoms with Crippen LogP contribution in [-0.4, -0.2) is 25.8 Å². The van der Waals surface area contributed by atoms with Gasteiger partial charge in [-0.3, -0.25) is 0 Å². The molecule has 0 spiro atoms. The number of rotatable bonds is 5. The van der Waals surface area contributed by atoms with Gasteiger partial charge in [-0.1, -0.05) is 42.7 Å². The zero-order valence-corrected chi connectivity index (χ0v) is 11.6. The second kappa shape index (κ2) is 6.91. The molecule has 0 radical (unpaired) electrons. The van der Waals surface area contributed by atoms with Crippen LogP contribution in [0.1, 0.15) is 36.8 Å². The Morgan fingerprint density at radius 1 is 1.28 bits per heavy atom. The van der Waals surface area contributed by atoms with Crippen LogP contribution in [0.25, 0.3) is 0 Å². The molecule has 1 saturated carbocycles. The van der Waals surface area contributed by atoms with Gasteiger partial charge in [-0.15, -0.1) is 0 Å². The fraction of sp³-hybridized carbons (Fsp3) is 0.625. The van der Waals surface area contributed by atoms with Gasteiger partial charge < -0.3 is 10.1 Å². The van der Waals surface area contributed by atoms with Gasteiger partial charge in [0.25, 0.3) is 0 Å². The third-order valence-corrected chi connectivity index (χ3v) is 3.91. The average molecular weight is 247 g/mol. The molecule has 2 atom stereocenters. The van der Waals surface area contributed by atoms with E-state index in [1.807, 2.05) is 7.11 Å². The molecule has 1 aliphatic carbocycles. The van der Waals surface area contributed by atoms with Gasteiger partial charge in [-0.2, -0.15) is 0 Å². The maximum absolute atomic E-state index is 5.56. The lowest BCUT2D eigenvalue weighted by Gasteiger charge is -2.31. The van der Waals surface area contributed by atoms with E-state index in [9.17, 15) is 0 Å². The third-order valence-electron chi connectivity index (χ3n) is 3.91. The van der Waals surface area contributed by atoms with Crippen molar-refractivity contribution >= 4 is 0 Å². The summed E-state index contributed by atoms with van der Waals surface area (Å²) < 4.78 is 5.56. The summed E-state index contributed by atoms with van der Waals surface area (Å²) in [6.45, 7) is 3.20. The Morgan fingerprint density at radius 3 is 2.89 bits per heavy atom. The predicted molar refractivity (Wildman–Crippen MR) is 75.9 cm³/mol. The van der Waals surface area contributed by atoms with Crippen LogP contribution in [0.15, 0.2) is 24.3 Å². The van der Waals surface area contributed by atoms with E-state index in [4.69, 9.17) is 4.74 Å². The van der Waals surface area contributed by atoms with Crippen molar-refractivity contribution in [2.24, 2.45) is 0 Å². The van der Waals surface area contributed by atoms with Crippen molar-refractivity contribution in [2.45, 2.75) is 51.2 Å². The molecule has 0 amide bonds. The van der Waals surface area contributed by atoms with Gasteiger partial charge in [0.1, 0.15) is 0 Å². The Labute approximate surface area is 111 Å². The molecule has 2 heteroatoms. The standard InChI is InChI=1S/C16H25NO/c1-13-6-5-7-14(12-13)10-11-17-15-8-3-4-9-16(15)18-2/h5-7,12,15-17H,3-4,8-11H2,1-2H3. The van der Waals surface area contributed by atoms with Crippen LogP contribution in [0.5, 0.6) is 0 Å². The summed E-state index contributed by atoms with van der Waals surface area (Å²) in [5.74, 6) is 0. The lowest BCUT2D eigenvalue weighted by atomic mass is 9.92. The van der Waals surface area contributed by atoms with E-state index < -0.39 is 0 Å². The number of aryl methyl sites for hydroxylation is 1. The molecule has 0 aliphatic heterocycles. The second-order valence-electron chi connectivity index (χ2n) is 5.36. The number of ether oxygens (including phenoxy) is 1. The lowest BCUT2D eigenvalue weighted by molar-refractivity contribution is 0.0421. The highest BCUT2D eigenvalue weighted by Crippen LogP contribution is 2.20. The molecule has 2 unspecified atom stereocenters. The van der Waals surface area contributed by atoms with Gasteiger partial charge in [-0.05, 0) is 38.3 Å². The number of hydrogen-bond acceptors (Lipinski definition) is 2. The molecule has 2 rings (SSSR count). The van der Waals surface area contributed by atoms with Crippen molar-refractivity contribution in [1.82, 2.24) is 5.32 Å². The molecular formula is C16H25NO. The molecule has 0 bridgehead atoms. The SMILES string of the molecule is COC1CCCCC1NCCc1cccc(C)c1. The van der Waals surface area contributed by atoms with Gasteiger partial charge in [0.05, 0.1) is 6.10 Å². The molecule has 1 N–H and O–H groups in total. The highest BCUT2D eigenvalue weighted by Gasteiger charge is 2.23. The first-order valence-corrected chi connectivity index (χ1v) is 7.11. The average Bonchev–Trinajstić information content (AvgIpc) is 2.39. The Bertz CT molecular complexity index is 364. The summed E-state index contributed by atoms with van der Waals surface area (Å²) in [4.78, 5) is 0. The van der Waals surface area contributed by atoms with Crippen molar-refractivity contribution in [3.05, 3.63) is 35.4 Å². The highest BCUT2D eigenvalue weighted by atomic mass is 16.5. The summed E-state index contributed by atoms with van der Waals surface area (Å²) >= 11 is 0. The first-order valence-electron chi connectivity index (χ1n) is 7.11. The Kier molecular flexibility index (Phi) is 5.21. The number of hydrogen-bond donors (Lipinski definition) is 1. The normalized spacial score (nSPS) is 24.1. The van der Waals surface area contributed by atoms with Crippen molar-refractivity contribution in [1.29, 1.82) is 0 Å². The second-order valence-corrected chi connectivity index (χ2v) is 5.36. The van der Waals surface area contributed by atoms with Crippen LogP contribution in [0, 0.1) is 6.92 Å². The van der Waals surface area contributed by atoms with Crippen molar-refractivity contribution < 1.29 is 4.74 Å². The summed E-state index contributed by atoms with van der Waals surface area (Å²) in [6, 6.07) is 9.33.